The van der Waals surface area contributed by atoms with Crippen LogP contribution in [0.15, 0.2) is 0 Å². The number of hydrogen-bond donors (Lipinski definition) is 0. The molecule has 1 unspecified atom stereocenters. The first-order valence-electron chi connectivity index (χ1n) is 22.5. The second-order valence-corrected chi connectivity index (χ2v) is 21.4. The van der Waals surface area contributed by atoms with Crippen LogP contribution in [0.3, 0.4) is 0 Å². The summed E-state index contributed by atoms with van der Waals surface area (Å²) in [6.07, 6.45) is 25.8. The molecular formula is C45H91Cl2O5P. The maximum Gasteiger partial charge on any atom is 0.424 e. The van der Waals surface area contributed by atoms with Gasteiger partial charge in [-0.05, 0) is 60.2 Å². The molecule has 0 rings (SSSR count). The molecule has 0 aliphatic rings. The zero-order chi connectivity index (χ0) is 39.9. The van der Waals surface area contributed by atoms with E-state index in [2.05, 4.69) is 69.2 Å². The predicted molar refractivity (Wildman–Crippen MR) is 234 cm³/mol. The van der Waals surface area contributed by atoms with Crippen LogP contribution < -0.4 is 0 Å². The van der Waals surface area contributed by atoms with Crippen molar-refractivity contribution in [1.29, 1.82) is 0 Å². The van der Waals surface area contributed by atoms with E-state index in [9.17, 15) is 4.57 Å². The summed E-state index contributed by atoms with van der Waals surface area (Å²) < 4.78 is 35.4. The van der Waals surface area contributed by atoms with Crippen molar-refractivity contribution in [3.63, 3.8) is 0 Å². The van der Waals surface area contributed by atoms with Crippen molar-refractivity contribution in [3.8, 4) is 0 Å². The number of halogens is 2. The molecule has 320 valence electrons. The Kier molecular flexibility index (Phi) is 35.1. The lowest BCUT2D eigenvalue weighted by molar-refractivity contribution is -0.0437. The fraction of sp³-hybridized carbons (Fsp3) is 1.00. The van der Waals surface area contributed by atoms with Crippen LogP contribution in [0.4, 0.5) is 0 Å². The van der Waals surface area contributed by atoms with E-state index in [4.69, 9.17) is 41.4 Å². The first-order chi connectivity index (χ1) is 25.1. The van der Waals surface area contributed by atoms with Gasteiger partial charge in [0, 0.05) is 30.3 Å². The Morgan fingerprint density at radius 3 is 1.13 bits per heavy atom. The van der Waals surface area contributed by atoms with Gasteiger partial charge in [-0.2, -0.15) is 0 Å². The monoisotopic (exact) mass is 813 g/mol. The van der Waals surface area contributed by atoms with E-state index in [0.29, 0.717) is 31.7 Å². The molecule has 8 heteroatoms. The third kappa shape index (κ3) is 36.7. The highest BCUT2D eigenvalue weighted by Gasteiger charge is 2.24. The molecule has 0 aliphatic carbocycles. The summed E-state index contributed by atoms with van der Waals surface area (Å²) in [5.74, 6) is 6.41. The largest absolute Gasteiger partial charge is 0.424 e. The molecule has 0 N–H and O–H groups in total. The van der Waals surface area contributed by atoms with Gasteiger partial charge in [0.1, 0.15) is 6.10 Å². The van der Waals surface area contributed by atoms with Gasteiger partial charge in [-0.15, -0.1) is 11.6 Å². The van der Waals surface area contributed by atoms with Crippen molar-refractivity contribution in [2.24, 2.45) is 47.3 Å². The van der Waals surface area contributed by atoms with Gasteiger partial charge in [0.05, 0.1) is 19.8 Å². The maximum absolute atomic E-state index is 12.5. The zero-order valence-electron chi connectivity index (χ0n) is 36.8. The Hall–Kier alpha value is 0.650. The molecule has 0 radical (unpaired) electrons. The van der Waals surface area contributed by atoms with Crippen LogP contribution in [0.2, 0.25) is 0 Å². The lowest BCUT2D eigenvalue weighted by Gasteiger charge is -2.21. The Labute approximate surface area is 341 Å². The Bertz CT molecular complexity index is 846. The summed E-state index contributed by atoms with van der Waals surface area (Å²) in [5, 5.41) is 0. The molecule has 0 spiro atoms. The van der Waals surface area contributed by atoms with E-state index < -0.39 is 6.95 Å². The normalized spacial score (nSPS) is 17.5. The predicted octanol–water partition coefficient (Wildman–Crippen LogP) is 15.9. The van der Waals surface area contributed by atoms with Gasteiger partial charge >= 0.3 is 6.95 Å². The molecule has 5 nitrogen and oxygen atoms in total. The summed E-state index contributed by atoms with van der Waals surface area (Å²) in [4.78, 5) is 0. The fourth-order valence-electron chi connectivity index (χ4n) is 7.31. The van der Waals surface area contributed by atoms with Gasteiger partial charge in [-0.3, -0.25) is 9.05 Å². The molecule has 0 heterocycles. The summed E-state index contributed by atoms with van der Waals surface area (Å²) >= 11 is 11.7. The minimum absolute atomic E-state index is 0.0649. The summed E-state index contributed by atoms with van der Waals surface area (Å²) in [6.45, 7) is 21.8. The molecule has 0 saturated carbocycles. The van der Waals surface area contributed by atoms with Crippen molar-refractivity contribution in [2.75, 3.05) is 38.9 Å². The van der Waals surface area contributed by atoms with E-state index in [1.807, 2.05) is 0 Å². The third-order valence-electron chi connectivity index (χ3n) is 11.3. The first-order valence-corrected chi connectivity index (χ1v) is 25.5. The number of alkyl halides is 1. The van der Waals surface area contributed by atoms with Crippen molar-refractivity contribution < 1.29 is 23.1 Å². The second-order valence-electron chi connectivity index (χ2n) is 18.4. The molecule has 0 aromatic heterocycles. The molecule has 0 aromatic carbocycles. The van der Waals surface area contributed by atoms with Crippen molar-refractivity contribution in [1.82, 2.24) is 0 Å². The van der Waals surface area contributed by atoms with Crippen LogP contribution in [-0.2, 0) is 23.1 Å². The second kappa shape index (κ2) is 34.7. The fourth-order valence-corrected chi connectivity index (χ4v) is 8.60. The van der Waals surface area contributed by atoms with E-state index in [0.717, 1.165) is 48.3 Å². The highest BCUT2D eigenvalue weighted by atomic mass is 35.7. The smallest absolute Gasteiger partial charge is 0.379 e. The Morgan fingerprint density at radius 1 is 0.434 bits per heavy atom. The Balaban J connectivity index is 4.37. The number of rotatable bonds is 39. The van der Waals surface area contributed by atoms with E-state index >= 15 is 0 Å². The van der Waals surface area contributed by atoms with Crippen LogP contribution in [0, 0.1) is 47.3 Å². The van der Waals surface area contributed by atoms with Gasteiger partial charge in [0.25, 0.3) is 0 Å². The average molecular weight is 814 g/mol. The van der Waals surface area contributed by atoms with Gasteiger partial charge < -0.3 is 9.47 Å². The highest BCUT2D eigenvalue weighted by molar-refractivity contribution is 7.81. The number of hydrogen-bond acceptors (Lipinski definition) is 5. The zero-order valence-corrected chi connectivity index (χ0v) is 39.2. The first kappa shape index (κ1) is 53.6. The van der Waals surface area contributed by atoms with Crippen LogP contribution in [-0.4, -0.2) is 45.0 Å². The molecule has 0 fully saturated rings. The SMILES string of the molecule is CC(C)CCC[C@@H](C)CCC[C@@H](C)CCC[C@@H](C)CCOC[C@@H](COP(=O)(Cl)OCCCl)OCC[C@H](C)CCC[C@H](C)CCC[C@H](C)CCCC(C)C. The van der Waals surface area contributed by atoms with Crippen molar-refractivity contribution in [3.05, 3.63) is 0 Å². The minimum atomic E-state index is -3.71. The molecule has 0 saturated heterocycles. The molecule has 8 atom stereocenters. The molecule has 0 bridgehead atoms. The van der Waals surface area contributed by atoms with Crippen LogP contribution in [0.5, 0.6) is 0 Å². The highest BCUT2D eigenvalue weighted by Crippen LogP contribution is 2.53. The van der Waals surface area contributed by atoms with E-state index in [-0.39, 0.29) is 25.2 Å². The third-order valence-corrected chi connectivity index (χ3v) is 13.0. The molecule has 53 heavy (non-hydrogen) atoms. The van der Waals surface area contributed by atoms with E-state index in [1.54, 1.807) is 0 Å². The maximum atomic E-state index is 12.5. The molecule has 0 aliphatic heterocycles. The topological polar surface area (TPSA) is 54.0 Å². The lowest BCUT2D eigenvalue weighted by Crippen LogP contribution is -2.26. The van der Waals surface area contributed by atoms with Crippen molar-refractivity contribution in [2.45, 2.75) is 204 Å². The molecule has 0 amide bonds. The van der Waals surface area contributed by atoms with Gasteiger partial charge in [0.2, 0.25) is 0 Å². The standard InChI is InChI=1S/C45H91Cl2O5P/c1-37(2)17-11-19-39(5)21-13-23-41(7)25-15-27-43(9)29-32-49-35-45(36-52-53(47,48)51-34-31-46)50-33-30-44(10)28-16-26-42(8)24-14-22-40(6)20-12-18-38(3)4/h37-45H,11-36H2,1-10H3/t39-,40-,41-,42-,43-,44-,45+,53?/m1/s1. The molecular weight excluding hydrogens is 722 g/mol. The number of ether oxygens (including phenoxy) is 2. The van der Waals surface area contributed by atoms with Crippen LogP contribution in [0.1, 0.15) is 198 Å². The summed E-state index contributed by atoms with van der Waals surface area (Å²) in [6, 6.07) is 0. The van der Waals surface area contributed by atoms with Gasteiger partial charge in [0.15, 0.2) is 0 Å². The minimum Gasteiger partial charge on any atom is -0.379 e. The summed E-state index contributed by atoms with van der Waals surface area (Å²) in [7, 11) is 0. The van der Waals surface area contributed by atoms with Crippen LogP contribution in [0.25, 0.3) is 0 Å². The van der Waals surface area contributed by atoms with E-state index in [1.165, 1.54) is 116 Å². The quantitative estimate of drug-likeness (QED) is 0.0351. The van der Waals surface area contributed by atoms with Crippen LogP contribution >= 0.6 is 29.8 Å². The van der Waals surface area contributed by atoms with Crippen molar-refractivity contribution >= 4 is 29.8 Å². The average Bonchev–Trinajstić information content (AvgIpc) is 3.07. The molecule has 0 aromatic rings. The van der Waals surface area contributed by atoms with Gasteiger partial charge in [-0.1, -0.05) is 185 Å². The summed E-state index contributed by atoms with van der Waals surface area (Å²) in [5.41, 5.74) is 0. The van der Waals surface area contributed by atoms with Gasteiger partial charge in [-0.25, -0.2) is 4.57 Å². The lowest BCUT2D eigenvalue weighted by atomic mass is 9.91. The Morgan fingerprint density at radius 2 is 0.774 bits per heavy atom.